The third kappa shape index (κ3) is 4.30. The van der Waals surface area contributed by atoms with Gasteiger partial charge in [-0.15, -0.1) is 23.4 Å². The fourth-order valence-corrected chi connectivity index (χ4v) is 3.83. The van der Waals surface area contributed by atoms with Gasteiger partial charge in [0, 0.05) is 22.7 Å². The minimum Gasteiger partial charge on any atom is -0.351 e. The highest BCUT2D eigenvalue weighted by Crippen LogP contribution is 2.36. The van der Waals surface area contributed by atoms with Crippen LogP contribution in [0.4, 0.5) is 0 Å². The Morgan fingerprint density at radius 2 is 2.05 bits per heavy atom. The number of thioether (sulfide) groups is 1. The zero-order chi connectivity index (χ0) is 15.3. The second-order valence-electron chi connectivity index (χ2n) is 5.72. The second-order valence-corrected chi connectivity index (χ2v) is 7.28. The van der Waals surface area contributed by atoms with Crippen molar-refractivity contribution in [3.8, 4) is 0 Å². The van der Waals surface area contributed by atoms with E-state index in [0.29, 0.717) is 23.0 Å². The zero-order valence-electron chi connectivity index (χ0n) is 12.3. The Morgan fingerprint density at radius 3 is 2.67 bits per heavy atom. The Morgan fingerprint density at radius 1 is 1.33 bits per heavy atom. The van der Waals surface area contributed by atoms with Crippen LogP contribution in [0, 0.1) is 5.41 Å². The number of carbonyl (C=O) groups excluding carboxylic acids is 1. The van der Waals surface area contributed by atoms with Crippen molar-refractivity contribution in [1.29, 1.82) is 0 Å². The molecule has 1 fully saturated rings. The summed E-state index contributed by atoms with van der Waals surface area (Å²) >= 11 is 13.9. The molecule has 2 rings (SSSR count). The molecule has 2 nitrogen and oxygen atoms in total. The maximum Gasteiger partial charge on any atom is 0.252 e. The van der Waals surface area contributed by atoms with E-state index in [0.717, 1.165) is 17.7 Å². The largest absolute Gasteiger partial charge is 0.351 e. The Bertz CT molecular complexity index is 501. The van der Waals surface area contributed by atoms with Gasteiger partial charge in [0.1, 0.15) is 0 Å². The highest BCUT2D eigenvalue weighted by molar-refractivity contribution is 7.98. The molecule has 5 heteroatoms. The van der Waals surface area contributed by atoms with Crippen LogP contribution in [0.2, 0.25) is 5.02 Å². The summed E-state index contributed by atoms with van der Waals surface area (Å²) in [6.07, 6.45) is 7.84. The first-order chi connectivity index (χ1) is 10.1. The van der Waals surface area contributed by atoms with Crippen molar-refractivity contribution >= 4 is 40.9 Å². The van der Waals surface area contributed by atoms with Crippen molar-refractivity contribution in [3.63, 3.8) is 0 Å². The number of alkyl halides is 1. The van der Waals surface area contributed by atoms with Crippen LogP contribution in [0.3, 0.4) is 0 Å². The quantitative estimate of drug-likeness (QED) is 0.602. The summed E-state index contributed by atoms with van der Waals surface area (Å²) in [5.41, 5.74) is 0.600. The molecule has 0 atom stereocenters. The Balaban J connectivity index is 2.04. The third-order valence-corrected chi connectivity index (χ3v) is 5.86. The first-order valence-electron chi connectivity index (χ1n) is 7.28. The highest BCUT2D eigenvalue weighted by Gasteiger charge is 2.31. The number of halogens is 2. The normalized spacial score (nSPS) is 17.5. The van der Waals surface area contributed by atoms with Gasteiger partial charge in [-0.25, -0.2) is 0 Å². The molecule has 0 spiro atoms. The van der Waals surface area contributed by atoms with Gasteiger partial charge in [-0.2, -0.15) is 0 Å². The molecule has 1 aliphatic rings. The number of hydrogen-bond donors (Lipinski definition) is 1. The van der Waals surface area contributed by atoms with E-state index >= 15 is 0 Å². The number of benzene rings is 1. The summed E-state index contributed by atoms with van der Waals surface area (Å²) in [7, 11) is 0. The van der Waals surface area contributed by atoms with Crippen molar-refractivity contribution in [2.75, 3.05) is 18.7 Å². The fourth-order valence-electron chi connectivity index (χ4n) is 2.83. The average Bonchev–Trinajstić information content (AvgIpc) is 2.54. The molecule has 1 amide bonds. The molecule has 0 heterocycles. The van der Waals surface area contributed by atoms with Gasteiger partial charge in [0.15, 0.2) is 0 Å². The SMILES string of the molecule is CSc1ccc(Cl)c(C(=O)NCC2(CCl)CCCCC2)c1. The molecule has 0 radical (unpaired) electrons. The molecule has 1 aromatic rings. The molecule has 1 saturated carbocycles. The van der Waals surface area contributed by atoms with Crippen LogP contribution in [0.1, 0.15) is 42.5 Å². The Labute approximate surface area is 141 Å². The van der Waals surface area contributed by atoms with Crippen molar-refractivity contribution in [2.24, 2.45) is 5.41 Å². The second kappa shape index (κ2) is 7.75. The topological polar surface area (TPSA) is 29.1 Å². The van der Waals surface area contributed by atoms with E-state index < -0.39 is 0 Å². The molecule has 1 N–H and O–H groups in total. The molecule has 1 aromatic carbocycles. The molecular weight excluding hydrogens is 325 g/mol. The first-order valence-corrected chi connectivity index (χ1v) is 9.42. The predicted molar refractivity (Wildman–Crippen MR) is 91.8 cm³/mol. The summed E-state index contributed by atoms with van der Waals surface area (Å²) in [5, 5.41) is 3.53. The van der Waals surface area contributed by atoms with Gasteiger partial charge >= 0.3 is 0 Å². The molecule has 0 aliphatic heterocycles. The molecule has 21 heavy (non-hydrogen) atoms. The number of nitrogens with one attached hydrogen (secondary N) is 1. The minimum absolute atomic E-state index is 0.0546. The Hall–Kier alpha value is -0.380. The zero-order valence-corrected chi connectivity index (χ0v) is 14.6. The van der Waals surface area contributed by atoms with Crippen LogP contribution >= 0.6 is 35.0 Å². The van der Waals surface area contributed by atoms with Gasteiger partial charge in [0.2, 0.25) is 0 Å². The average molecular weight is 346 g/mol. The van der Waals surface area contributed by atoms with E-state index in [-0.39, 0.29) is 11.3 Å². The molecule has 0 unspecified atom stereocenters. The van der Waals surface area contributed by atoms with E-state index in [9.17, 15) is 4.79 Å². The maximum absolute atomic E-state index is 12.4. The summed E-state index contributed by atoms with van der Waals surface area (Å²) < 4.78 is 0. The van der Waals surface area contributed by atoms with Crippen LogP contribution in [0.25, 0.3) is 0 Å². The van der Waals surface area contributed by atoms with E-state index in [4.69, 9.17) is 23.2 Å². The smallest absolute Gasteiger partial charge is 0.252 e. The number of rotatable bonds is 5. The van der Waals surface area contributed by atoms with Crippen molar-refractivity contribution < 1.29 is 4.79 Å². The first kappa shape index (κ1) is 17.0. The molecular formula is C16H21Cl2NOS. The van der Waals surface area contributed by atoms with Crippen LogP contribution in [0.15, 0.2) is 23.1 Å². The monoisotopic (exact) mass is 345 g/mol. The molecule has 0 saturated heterocycles. The van der Waals surface area contributed by atoms with Crippen LogP contribution < -0.4 is 5.32 Å². The fraction of sp³-hybridized carbons (Fsp3) is 0.562. The van der Waals surface area contributed by atoms with Gasteiger partial charge < -0.3 is 5.32 Å². The summed E-state index contributed by atoms with van der Waals surface area (Å²) in [6, 6.07) is 5.54. The van der Waals surface area contributed by atoms with Gasteiger partial charge in [-0.05, 0) is 37.3 Å². The minimum atomic E-state index is -0.106. The summed E-state index contributed by atoms with van der Waals surface area (Å²) in [5.74, 6) is 0.497. The number of carbonyl (C=O) groups is 1. The highest BCUT2D eigenvalue weighted by atomic mass is 35.5. The standard InChI is InChI=1S/C16H21Cl2NOS/c1-21-12-5-6-14(18)13(9-12)15(20)19-11-16(10-17)7-3-2-4-8-16/h5-6,9H,2-4,7-8,10-11H2,1H3,(H,19,20). The van der Waals surface area contributed by atoms with Crippen LogP contribution in [-0.4, -0.2) is 24.6 Å². The van der Waals surface area contributed by atoms with Gasteiger partial charge in [-0.3, -0.25) is 4.79 Å². The lowest BCUT2D eigenvalue weighted by Crippen LogP contribution is -2.40. The van der Waals surface area contributed by atoms with Gasteiger partial charge in [0.05, 0.1) is 10.6 Å². The lowest BCUT2D eigenvalue weighted by Gasteiger charge is -2.35. The van der Waals surface area contributed by atoms with Crippen molar-refractivity contribution in [2.45, 2.75) is 37.0 Å². The molecule has 0 aromatic heterocycles. The molecule has 1 aliphatic carbocycles. The molecule has 0 bridgehead atoms. The van der Waals surface area contributed by atoms with Crippen molar-refractivity contribution in [1.82, 2.24) is 5.32 Å². The number of hydrogen-bond acceptors (Lipinski definition) is 2. The van der Waals surface area contributed by atoms with E-state index in [2.05, 4.69) is 5.32 Å². The summed E-state index contributed by atoms with van der Waals surface area (Å²) in [6.45, 7) is 0.634. The molecule has 116 valence electrons. The third-order valence-electron chi connectivity index (χ3n) is 4.24. The maximum atomic E-state index is 12.4. The van der Waals surface area contributed by atoms with E-state index in [1.165, 1.54) is 19.3 Å². The van der Waals surface area contributed by atoms with Gasteiger partial charge in [0.25, 0.3) is 5.91 Å². The lowest BCUT2D eigenvalue weighted by atomic mass is 9.75. The Kier molecular flexibility index (Phi) is 6.27. The number of amides is 1. The van der Waals surface area contributed by atoms with Gasteiger partial charge in [-0.1, -0.05) is 30.9 Å². The van der Waals surface area contributed by atoms with E-state index in [1.807, 2.05) is 18.4 Å². The van der Waals surface area contributed by atoms with E-state index in [1.54, 1.807) is 17.8 Å². The summed E-state index contributed by atoms with van der Waals surface area (Å²) in [4.78, 5) is 13.4. The lowest BCUT2D eigenvalue weighted by molar-refractivity contribution is 0.0921. The van der Waals surface area contributed by atoms with Crippen LogP contribution in [0.5, 0.6) is 0 Å². The van der Waals surface area contributed by atoms with Crippen LogP contribution in [-0.2, 0) is 0 Å². The predicted octanol–water partition coefficient (Wildman–Crippen LogP) is 4.98. The van der Waals surface area contributed by atoms with Crippen molar-refractivity contribution in [3.05, 3.63) is 28.8 Å².